The molecular formula is C25H35N3O3S. The molecule has 32 heavy (non-hydrogen) atoms. The molecule has 0 saturated carbocycles. The number of benzene rings is 1. The zero-order valence-electron chi connectivity index (χ0n) is 19.8. The SMILES string of the molecule is C[C@@H]1C[C@H](C)CN(CC(=O)NCCN2C(=O)S/C(=C/c3ccc(C(C)(C)C)cc3)C2=O)C1. The van der Waals surface area contributed by atoms with Crippen LogP contribution in [0.4, 0.5) is 4.79 Å². The molecule has 3 rings (SSSR count). The monoisotopic (exact) mass is 457 g/mol. The molecule has 0 bridgehead atoms. The number of nitrogens with zero attached hydrogens (tertiary/aromatic N) is 2. The molecule has 1 aromatic rings. The summed E-state index contributed by atoms with van der Waals surface area (Å²) in [6, 6.07) is 8.04. The summed E-state index contributed by atoms with van der Waals surface area (Å²) in [5.41, 5.74) is 2.17. The second-order valence-electron chi connectivity index (χ2n) is 10.2. The first kappa shape index (κ1) is 24.5. The molecule has 1 aromatic carbocycles. The fraction of sp³-hybridized carbons (Fsp3) is 0.560. The number of nitrogens with one attached hydrogen (secondary N) is 1. The van der Waals surface area contributed by atoms with Crippen molar-refractivity contribution < 1.29 is 14.4 Å². The zero-order chi connectivity index (χ0) is 23.5. The summed E-state index contributed by atoms with van der Waals surface area (Å²) in [7, 11) is 0. The van der Waals surface area contributed by atoms with Gasteiger partial charge in [0.25, 0.3) is 11.1 Å². The lowest BCUT2D eigenvalue weighted by Gasteiger charge is -2.34. The number of rotatable bonds is 6. The molecule has 3 amide bonds. The van der Waals surface area contributed by atoms with Crippen molar-refractivity contribution in [3.8, 4) is 0 Å². The van der Waals surface area contributed by atoms with Crippen LogP contribution in [0.5, 0.6) is 0 Å². The van der Waals surface area contributed by atoms with Gasteiger partial charge in [-0.3, -0.25) is 24.2 Å². The van der Waals surface area contributed by atoms with E-state index < -0.39 is 0 Å². The smallest absolute Gasteiger partial charge is 0.293 e. The van der Waals surface area contributed by atoms with Gasteiger partial charge in [-0.15, -0.1) is 0 Å². The molecule has 2 atom stereocenters. The zero-order valence-corrected chi connectivity index (χ0v) is 20.6. The van der Waals surface area contributed by atoms with Gasteiger partial charge in [-0.1, -0.05) is 58.9 Å². The number of amides is 3. The molecule has 0 spiro atoms. The maximum atomic E-state index is 12.7. The molecule has 2 aliphatic rings. The highest BCUT2D eigenvalue weighted by molar-refractivity contribution is 8.18. The van der Waals surface area contributed by atoms with Crippen LogP contribution in [0.1, 0.15) is 52.2 Å². The van der Waals surface area contributed by atoms with Crippen LogP contribution in [0.3, 0.4) is 0 Å². The number of likely N-dealkylation sites (tertiary alicyclic amines) is 1. The van der Waals surface area contributed by atoms with Crippen molar-refractivity contribution in [2.24, 2.45) is 11.8 Å². The van der Waals surface area contributed by atoms with Crippen molar-refractivity contribution in [1.82, 2.24) is 15.1 Å². The Morgan fingerprint density at radius 1 is 1.12 bits per heavy atom. The lowest BCUT2D eigenvalue weighted by molar-refractivity contribution is -0.125. The Labute approximate surface area is 195 Å². The fourth-order valence-electron chi connectivity index (χ4n) is 4.41. The maximum Gasteiger partial charge on any atom is 0.293 e. The standard InChI is InChI=1S/C25H35N3O3S/c1-17-12-18(2)15-27(14-17)16-22(29)26-10-11-28-23(30)21(32-24(28)31)13-19-6-8-20(9-7-19)25(3,4)5/h6-9,13,17-18H,10-12,14-16H2,1-5H3,(H,26,29)/b21-13+/t17-,18+. The van der Waals surface area contributed by atoms with Crippen LogP contribution in [0.2, 0.25) is 0 Å². The van der Waals surface area contributed by atoms with Gasteiger partial charge in [0.15, 0.2) is 0 Å². The minimum absolute atomic E-state index is 0.0608. The molecule has 2 aliphatic heterocycles. The van der Waals surface area contributed by atoms with Crippen LogP contribution in [-0.4, -0.2) is 59.6 Å². The van der Waals surface area contributed by atoms with Gasteiger partial charge >= 0.3 is 0 Å². The number of piperidine rings is 1. The van der Waals surface area contributed by atoms with Gasteiger partial charge in [0, 0.05) is 26.2 Å². The van der Waals surface area contributed by atoms with E-state index in [1.165, 1.54) is 16.9 Å². The van der Waals surface area contributed by atoms with E-state index in [-0.39, 0.29) is 35.6 Å². The summed E-state index contributed by atoms with van der Waals surface area (Å²) in [4.78, 5) is 41.2. The van der Waals surface area contributed by atoms with E-state index >= 15 is 0 Å². The molecule has 174 valence electrons. The van der Waals surface area contributed by atoms with Crippen molar-refractivity contribution in [2.75, 3.05) is 32.7 Å². The first-order valence-corrected chi connectivity index (χ1v) is 12.2. The predicted molar refractivity (Wildman–Crippen MR) is 130 cm³/mol. The molecule has 0 aromatic heterocycles. The van der Waals surface area contributed by atoms with Gasteiger partial charge in [-0.2, -0.15) is 0 Å². The number of carbonyl (C=O) groups excluding carboxylic acids is 3. The summed E-state index contributed by atoms with van der Waals surface area (Å²) >= 11 is 0.952. The third-order valence-electron chi connectivity index (χ3n) is 5.92. The van der Waals surface area contributed by atoms with Gasteiger partial charge in [0.1, 0.15) is 0 Å². The summed E-state index contributed by atoms with van der Waals surface area (Å²) in [5, 5.41) is 2.57. The molecule has 2 saturated heterocycles. The summed E-state index contributed by atoms with van der Waals surface area (Å²) in [6.07, 6.45) is 2.96. The van der Waals surface area contributed by atoms with Crippen LogP contribution in [0, 0.1) is 11.8 Å². The van der Waals surface area contributed by atoms with Gasteiger partial charge in [-0.25, -0.2) is 0 Å². The van der Waals surface area contributed by atoms with Crippen LogP contribution < -0.4 is 5.32 Å². The van der Waals surface area contributed by atoms with Gasteiger partial charge < -0.3 is 5.32 Å². The van der Waals surface area contributed by atoms with Gasteiger partial charge in [0.05, 0.1) is 11.4 Å². The van der Waals surface area contributed by atoms with Crippen molar-refractivity contribution in [1.29, 1.82) is 0 Å². The molecule has 2 fully saturated rings. The van der Waals surface area contributed by atoms with Crippen molar-refractivity contribution >= 4 is 34.9 Å². The van der Waals surface area contributed by atoms with Crippen LogP contribution in [0.15, 0.2) is 29.2 Å². The molecule has 7 heteroatoms. The highest BCUT2D eigenvalue weighted by Crippen LogP contribution is 2.32. The third kappa shape index (κ3) is 6.45. The Morgan fingerprint density at radius 3 is 2.34 bits per heavy atom. The minimum Gasteiger partial charge on any atom is -0.353 e. The minimum atomic E-state index is -0.298. The van der Waals surface area contributed by atoms with E-state index in [4.69, 9.17) is 0 Å². The first-order valence-electron chi connectivity index (χ1n) is 11.4. The van der Waals surface area contributed by atoms with Gasteiger partial charge in [0.2, 0.25) is 5.91 Å². The highest BCUT2D eigenvalue weighted by Gasteiger charge is 2.34. The number of carbonyl (C=O) groups is 3. The fourth-order valence-corrected chi connectivity index (χ4v) is 5.28. The quantitative estimate of drug-likeness (QED) is 0.651. The molecule has 0 radical (unpaired) electrons. The van der Waals surface area contributed by atoms with Crippen LogP contribution in [0.25, 0.3) is 6.08 Å². The summed E-state index contributed by atoms with van der Waals surface area (Å²) < 4.78 is 0. The first-order chi connectivity index (χ1) is 15.0. The van der Waals surface area contributed by atoms with E-state index in [0.29, 0.717) is 23.3 Å². The van der Waals surface area contributed by atoms with E-state index in [0.717, 1.165) is 30.4 Å². The molecule has 0 aliphatic carbocycles. The second kappa shape index (κ2) is 10.2. The van der Waals surface area contributed by atoms with E-state index in [2.05, 4.69) is 57.0 Å². The number of imide groups is 1. The normalized spacial score (nSPS) is 23.8. The molecule has 1 N–H and O–H groups in total. The molecule has 2 heterocycles. The van der Waals surface area contributed by atoms with Crippen molar-refractivity contribution in [3.05, 3.63) is 40.3 Å². The molecule has 6 nitrogen and oxygen atoms in total. The van der Waals surface area contributed by atoms with Crippen molar-refractivity contribution in [2.45, 2.75) is 46.5 Å². The largest absolute Gasteiger partial charge is 0.353 e. The Bertz CT molecular complexity index is 879. The predicted octanol–water partition coefficient (Wildman–Crippen LogP) is 4.11. The second-order valence-corrected chi connectivity index (χ2v) is 11.2. The molecular weight excluding hydrogens is 422 g/mol. The Kier molecular flexibility index (Phi) is 7.83. The van der Waals surface area contributed by atoms with E-state index in [1.807, 2.05) is 12.1 Å². The highest BCUT2D eigenvalue weighted by atomic mass is 32.2. The number of thioether (sulfide) groups is 1. The summed E-state index contributed by atoms with van der Waals surface area (Å²) in [6.45, 7) is 13.6. The lowest BCUT2D eigenvalue weighted by atomic mass is 9.87. The van der Waals surface area contributed by atoms with Crippen molar-refractivity contribution in [3.63, 3.8) is 0 Å². The maximum absolute atomic E-state index is 12.7. The average molecular weight is 458 g/mol. The summed E-state index contributed by atoms with van der Waals surface area (Å²) in [5.74, 6) is 0.831. The van der Waals surface area contributed by atoms with Gasteiger partial charge in [-0.05, 0) is 52.6 Å². The lowest BCUT2D eigenvalue weighted by Crippen LogP contribution is -2.46. The van der Waals surface area contributed by atoms with E-state index in [9.17, 15) is 14.4 Å². The van der Waals surface area contributed by atoms with E-state index in [1.54, 1.807) is 6.08 Å². The number of hydrogen-bond donors (Lipinski definition) is 1. The topological polar surface area (TPSA) is 69.7 Å². The van der Waals surface area contributed by atoms with Crippen LogP contribution >= 0.6 is 11.8 Å². The van der Waals surface area contributed by atoms with Crippen LogP contribution in [-0.2, 0) is 15.0 Å². The Morgan fingerprint density at radius 2 is 1.75 bits per heavy atom. The molecule has 0 unspecified atom stereocenters. The Hall–Kier alpha value is -2.12. The number of hydrogen-bond acceptors (Lipinski definition) is 5. The Balaban J connectivity index is 1.50. The third-order valence-corrected chi connectivity index (χ3v) is 6.82. The average Bonchev–Trinajstić information content (AvgIpc) is 2.94.